The highest BCUT2D eigenvalue weighted by molar-refractivity contribution is 6.40. The number of nitrogens with one attached hydrogen (secondary N) is 1. The minimum Gasteiger partial charge on any atom is -0.481 e. The van der Waals surface area contributed by atoms with Crippen LogP contribution in [0, 0.1) is 0 Å². The van der Waals surface area contributed by atoms with E-state index in [4.69, 9.17) is 37.8 Å². The number of aliphatic hydroxyl groups is 1. The van der Waals surface area contributed by atoms with Crippen LogP contribution in [0.2, 0.25) is 10.3 Å². The maximum atomic E-state index is 12.1. The Morgan fingerprint density at radius 2 is 1.68 bits per heavy atom. The monoisotopic (exact) mass is 637 g/mol. The number of carboxylic acids is 1. The Morgan fingerprint density at radius 3 is 2.39 bits per heavy atom. The molecule has 3 aromatic carbocycles. The number of carbonyl (C=O) groups is 2. The van der Waals surface area contributed by atoms with E-state index < -0.39 is 12.3 Å². The summed E-state index contributed by atoms with van der Waals surface area (Å²) in [5, 5.41) is 21.7. The molecular weight excluding hydrogens is 605 g/mol. The Bertz CT molecular complexity index is 1590. The topological polar surface area (TPSA) is 123 Å². The van der Waals surface area contributed by atoms with E-state index in [9.17, 15) is 14.7 Å². The number of carboxylic acid groups (broad SMARTS) is 1. The standard InChI is InChI=1S/C33H33Cl2N3O6/c34-31-32(35)38(20-37-31)18-27-16-28(23-12-10-21(19-39)11-13-23)44-33(43-27)26-7-2-6-25(15-26)24-5-1-4-22(14-24)17-36-29(40)8-3-9-30(41)42/h1-2,4-7,10-15,20,27-28,33,39H,3,8-9,16-19H2,(H,36,40)(H,41,42). The van der Waals surface area contributed by atoms with E-state index in [1.54, 1.807) is 10.9 Å². The van der Waals surface area contributed by atoms with Gasteiger partial charge in [-0.15, -0.1) is 0 Å². The number of hydrogen-bond donors (Lipinski definition) is 3. The van der Waals surface area contributed by atoms with E-state index in [1.165, 1.54) is 0 Å². The van der Waals surface area contributed by atoms with Crippen molar-refractivity contribution in [3.63, 3.8) is 0 Å². The molecule has 4 aromatic rings. The van der Waals surface area contributed by atoms with Crippen molar-refractivity contribution in [2.45, 2.75) is 63.9 Å². The van der Waals surface area contributed by atoms with Crippen LogP contribution in [0.25, 0.3) is 11.1 Å². The van der Waals surface area contributed by atoms with Crippen LogP contribution >= 0.6 is 23.2 Å². The molecule has 1 saturated heterocycles. The molecule has 2 heterocycles. The molecule has 1 aliphatic rings. The molecule has 3 atom stereocenters. The van der Waals surface area contributed by atoms with Gasteiger partial charge in [0.15, 0.2) is 11.4 Å². The fraction of sp³-hybridized carbons (Fsp3) is 0.303. The number of carbonyl (C=O) groups excluding carboxylic acids is 1. The fourth-order valence-corrected chi connectivity index (χ4v) is 5.45. The number of ether oxygens (including phenoxy) is 2. The van der Waals surface area contributed by atoms with Gasteiger partial charge in [-0.25, -0.2) is 4.98 Å². The first-order valence-corrected chi connectivity index (χ1v) is 15.1. The molecule has 0 aliphatic carbocycles. The van der Waals surface area contributed by atoms with Gasteiger partial charge in [-0.2, -0.15) is 0 Å². The van der Waals surface area contributed by atoms with E-state index in [2.05, 4.69) is 10.3 Å². The van der Waals surface area contributed by atoms with Crippen molar-refractivity contribution in [1.29, 1.82) is 0 Å². The zero-order chi connectivity index (χ0) is 31.1. The summed E-state index contributed by atoms with van der Waals surface area (Å²) in [6.07, 6.45) is 1.42. The second-order valence-corrected chi connectivity index (χ2v) is 11.4. The van der Waals surface area contributed by atoms with Crippen molar-refractivity contribution in [2.24, 2.45) is 0 Å². The molecular formula is C33H33Cl2N3O6. The molecule has 3 unspecified atom stereocenters. The lowest BCUT2D eigenvalue weighted by atomic mass is 9.98. The van der Waals surface area contributed by atoms with Crippen LogP contribution in [-0.4, -0.2) is 37.7 Å². The number of amides is 1. The third-order valence-electron chi connectivity index (χ3n) is 7.45. The normalized spacial score (nSPS) is 18.2. The second kappa shape index (κ2) is 14.8. The molecule has 0 bridgehead atoms. The first-order valence-electron chi connectivity index (χ1n) is 14.3. The summed E-state index contributed by atoms with van der Waals surface area (Å²) in [4.78, 5) is 26.9. The highest BCUT2D eigenvalue weighted by Gasteiger charge is 2.33. The average molecular weight is 639 g/mol. The molecule has 0 spiro atoms. The Hall–Kier alpha value is -3.73. The van der Waals surface area contributed by atoms with Gasteiger partial charge < -0.3 is 29.6 Å². The number of benzene rings is 3. The van der Waals surface area contributed by atoms with Crippen molar-refractivity contribution in [3.8, 4) is 11.1 Å². The summed E-state index contributed by atoms with van der Waals surface area (Å²) in [5.41, 5.74) is 5.49. The van der Waals surface area contributed by atoms with E-state index in [1.807, 2.05) is 72.8 Å². The molecule has 44 heavy (non-hydrogen) atoms. The molecule has 1 aliphatic heterocycles. The minimum absolute atomic E-state index is 0.0309. The summed E-state index contributed by atoms with van der Waals surface area (Å²) >= 11 is 12.4. The molecule has 1 amide bonds. The molecule has 0 saturated carbocycles. The largest absolute Gasteiger partial charge is 0.481 e. The number of imidazole rings is 1. The van der Waals surface area contributed by atoms with Gasteiger partial charge in [0.2, 0.25) is 5.91 Å². The smallest absolute Gasteiger partial charge is 0.303 e. The first-order chi connectivity index (χ1) is 21.3. The zero-order valence-electron chi connectivity index (χ0n) is 23.9. The Kier molecular flexibility index (Phi) is 10.7. The minimum atomic E-state index is -0.910. The van der Waals surface area contributed by atoms with Gasteiger partial charge in [-0.1, -0.05) is 83.9 Å². The highest BCUT2D eigenvalue weighted by atomic mass is 35.5. The maximum Gasteiger partial charge on any atom is 0.303 e. The highest BCUT2D eigenvalue weighted by Crippen LogP contribution is 2.39. The fourth-order valence-electron chi connectivity index (χ4n) is 5.14. The molecule has 230 valence electrons. The van der Waals surface area contributed by atoms with Crippen molar-refractivity contribution in [2.75, 3.05) is 0 Å². The predicted molar refractivity (Wildman–Crippen MR) is 166 cm³/mol. The average Bonchev–Trinajstić information content (AvgIpc) is 3.36. The number of halogens is 2. The molecule has 5 rings (SSSR count). The van der Waals surface area contributed by atoms with E-state index in [0.717, 1.165) is 33.4 Å². The molecule has 9 nitrogen and oxygen atoms in total. The number of hydrogen-bond acceptors (Lipinski definition) is 6. The van der Waals surface area contributed by atoms with Crippen LogP contribution in [0.5, 0.6) is 0 Å². The maximum absolute atomic E-state index is 12.1. The molecule has 1 fully saturated rings. The van der Waals surface area contributed by atoms with Gasteiger partial charge >= 0.3 is 5.97 Å². The van der Waals surface area contributed by atoms with Crippen molar-refractivity contribution < 1.29 is 29.3 Å². The number of aliphatic carboxylic acids is 1. The molecule has 11 heteroatoms. The predicted octanol–water partition coefficient (Wildman–Crippen LogP) is 6.47. The Balaban J connectivity index is 1.33. The van der Waals surface area contributed by atoms with Crippen LogP contribution in [0.3, 0.4) is 0 Å². The SMILES string of the molecule is O=C(O)CCCC(=O)NCc1cccc(-c2cccc(C3OC(Cn4cnc(Cl)c4Cl)CC(c4ccc(CO)cc4)O3)c2)c1. The number of nitrogens with zero attached hydrogens (tertiary/aromatic N) is 2. The van der Waals surface area contributed by atoms with Gasteiger partial charge in [-0.05, 0) is 46.4 Å². The third kappa shape index (κ3) is 8.25. The second-order valence-electron chi connectivity index (χ2n) is 10.7. The van der Waals surface area contributed by atoms with Gasteiger partial charge in [0.05, 0.1) is 31.7 Å². The summed E-state index contributed by atoms with van der Waals surface area (Å²) in [6, 6.07) is 23.5. The van der Waals surface area contributed by atoms with Crippen LogP contribution < -0.4 is 5.32 Å². The van der Waals surface area contributed by atoms with Crippen LogP contribution in [0.15, 0.2) is 79.1 Å². The van der Waals surface area contributed by atoms with Crippen LogP contribution in [-0.2, 0) is 38.8 Å². The quantitative estimate of drug-likeness (QED) is 0.163. The van der Waals surface area contributed by atoms with Crippen molar-refractivity contribution >= 4 is 35.1 Å². The lowest BCUT2D eigenvalue weighted by Gasteiger charge is -2.36. The summed E-state index contributed by atoms with van der Waals surface area (Å²) in [5.74, 6) is -1.09. The van der Waals surface area contributed by atoms with Gasteiger partial charge in [0.25, 0.3) is 0 Å². The first kappa shape index (κ1) is 31.7. The van der Waals surface area contributed by atoms with Gasteiger partial charge in [0, 0.05) is 31.4 Å². The summed E-state index contributed by atoms with van der Waals surface area (Å²) in [6.45, 7) is 0.744. The zero-order valence-corrected chi connectivity index (χ0v) is 25.4. The summed E-state index contributed by atoms with van der Waals surface area (Å²) in [7, 11) is 0. The third-order valence-corrected chi connectivity index (χ3v) is 8.22. The van der Waals surface area contributed by atoms with Crippen LogP contribution in [0.4, 0.5) is 0 Å². The number of aliphatic hydroxyl groups excluding tert-OH is 1. The Labute approximate surface area is 265 Å². The molecule has 3 N–H and O–H groups in total. The van der Waals surface area contributed by atoms with Gasteiger partial charge in [-0.3, -0.25) is 9.59 Å². The molecule has 1 aromatic heterocycles. The Morgan fingerprint density at radius 1 is 0.932 bits per heavy atom. The summed E-state index contributed by atoms with van der Waals surface area (Å²) < 4.78 is 14.7. The van der Waals surface area contributed by atoms with E-state index in [0.29, 0.717) is 31.1 Å². The van der Waals surface area contributed by atoms with Crippen LogP contribution in [0.1, 0.15) is 60.3 Å². The molecule has 0 radical (unpaired) electrons. The lowest BCUT2D eigenvalue weighted by Crippen LogP contribution is -2.32. The van der Waals surface area contributed by atoms with Crippen molar-refractivity contribution in [3.05, 3.63) is 112 Å². The lowest BCUT2D eigenvalue weighted by molar-refractivity contribution is -0.252. The number of rotatable bonds is 12. The van der Waals surface area contributed by atoms with Crippen molar-refractivity contribution in [1.82, 2.24) is 14.9 Å². The van der Waals surface area contributed by atoms with E-state index in [-0.39, 0.29) is 42.7 Å². The van der Waals surface area contributed by atoms with Gasteiger partial charge in [0.1, 0.15) is 5.15 Å². The van der Waals surface area contributed by atoms with E-state index >= 15 is 0 Å². The number of aromatic nitrogens is 2.